The lowest BCUT2D eigenvalue weighted by Gasteiger charge is -2.10. The Labute approximate surface area is 139 Å². The van der Waals surface area contributed by atoms with Crippen molar-refractivity contribution in [2.45, 2.75) is 13.3 Å². The largest absolute Gasteiger partial charge is 0.497 e. The number of aromatic nitrogens is 2. The van der Waals surface area contributed by atoms with Gasteiger partial charge in [0, 0.05) is 11.3 Å². The van der Waals surface area contributed by atoms with E-state index in [0.29, 0.717) is 35.1 Å². The number of amides is 1. The summed E-state index contributed by atoms with van der Waals surface area (Å²) < 4.78 is 10.3. The second kappa shape index (κ2) is 6.95. The van der Waals surface area contributed by atoms with E-state index in [1.807, 2.05) is 24.3 Å². The van der Waals surface area contributed by atoms with Gasteiger partial charge in [0.1, 0.15) is 5.75 Å². The van der Waals surface area contributed by atoms with Crippen LogP contribution in [0.3, 0.4) is 0 Å². The van der Waals surface area contributed by atoms with Crippen molar-refractivity contribution >= 4 is 11.6 Å². The van der Waals surface area contributed by atoms with E-state index in [9.17, 15) is 4.79 Å². The zero-order chi connectivity index (χ0) is 16.9. The molecule has 122 valence electrons. The lowest BCUT2D eigenvalue weighted by molar-refractivity contribution is 0.102. The number of rotatable bonds is 5. The lowest BCUT2D eigenvalue weighted by Crippen LogP contribution is -2.13. The van der Waals surface area contributed by atoms with Gasteiger partial charge in [-0.2, -0.15) is 4.98 Å². The molecule has 1 heterocycles. The first-order valence-electron chi connectivity index (χ1n) is 7.48. The average molecular weight is 323 g/mol. The van der Waals surface area contributed by atoms with Crippen molar-refractivity contribution in [3.8, 4) is 5.75 Å². The normalized spacial score (nSPS) is 10.4. The van der Waals surface area contributed by atoms with Gasteiger partial charge >= 0.3 is 0 Å². The summed E-state index contributed by atoms with van der Waals surface area (Å²) >= 11 is 0. The number of carbonyl (C=O) groups excluding carboxylic acids is 1. The molecule has 0 saturated carbocycles. The molecule has 24 heavy (non-hydrogen) atoms. The molecule has 0 saturated heterocycles. The summed E-state index contributed by atoms with van der Waals surface area (Å²) in [5.41, 5.74) is 2.18. The number of carbonyl (C=O) groups is 1. The van der Waals surface area contributed by atoms with Crippen molar-refractivity contribution in [3.05, 3.63) is 71.4 Å². The Morgan fingerprint density at radius 2 is 1.92 bits per heavy atom. The first-order chi connectivity index (χ1) is 11.7. The minimum absolute atomic E-state index is 0.188. The van der Waals surface area contributed by atoms with Crippen molar-refractivity contribution in [2.75, 3.05) is 12.4 Å². The average Bonchev–Trinajstić information content (AvgIpc) is 3.01. The number of anilines is 1. The molecule has 1 aromatic heterocycles. The molecule has 0 bridgehead atoms. The predicted molar refractivity (Wildman–Crippen MR) is 89.2 cm³/mol. The van der Waals surface area contributed by atoms with Gasteiger partial charge in [-0.15, -0.1) is 0 Å². The number of nitrogens with one attached hydrogen (secondary N) is 1. The van der Waals surface area contributed by atoms with Crippen molar-refractivity contribution in [3.63, 3.8) is 0 Å². The molecular formula is C18H17N3O3. The molecule has 2 aromatic carbocycles. The maximum Gasteiger partial charge on any atom is 0.255 e. The third-order valence-electron chi connectivity index (χ3n) is 3.53. The van der Waals surface area contributed by atoms with Gasteiger partial charge in [-0.05, 0) is 42.8 Å². The van der Waals surface area contributed by atoms with Crippen LogP contribution in [0.2, 0.25) is 0 Å². The highest BCUT2D eigenvalue weighted by molar-refractivity contribution is 6.04. The second-order valence-electron chi connectivity index (χ2n) is 5.25. The molecule has 3 aromatic rings. The summed E-state index contributed by atoms with van der Waals surface area (Å²) in [5.74, 6) is 1.62. The molecule has 0 atom stereocenters. The van der Waals surface area contributed by atoms with Gasteiger partial charge in [0.05, 0.1) is 13.5 Å². The Hall–Kier alpha value is -3.15. The molecule has 0 aliphatic rings. The van der Waals surface area contributed by atoms with Crippen molar-refractivity contribution < 1.29 is 14.1 Å². The van der Waals surface area contributed by atoms with Gasteiger partial charge < -0.3 is 14.6 Å². The highest BCUT2D eigenvalue weighted by atomic mass is 16.5. The van der Waals surface area contributed by atoms with Crippen LogP contribution in [0.25, 0.3) is 0 Å². The molecular weight excluding hydrogens is 306 g/mol. The van der Waals surface area contributed by atoms with Crippen molar-refractivity contribution in [2.24, 2.45) is 0 Å². The molecule has 0 fully saturated rings. The summed E-state index contributed by atoms with van der Waals surface area (Å²) in [7, 11) is 1.59. The smallest absolute Gasteiger partial charge is 0.255 e. The monoisotopic (exact) mass is 323 g/mol. The van der Waals surface area contributed by atoms with Gasteiger partial charge in [-0.3, -0.25) is 4.79 Å². The highest BCUT2D eigenvalue weighted by Gasteiger charge is 2.12. The SMILES string of the molecule is COc1ccc(C(=O)Nc2ccccc2Cc2nc(C)no2)cc1. The van der Waals surface area contributed by atoms with Crippen LogP contribution in [0, 0.1) is 6.92 Å². The molecule has 0 radical (unpaired) electrons. The number of ether oxygens (including phenoxy) is 1. The van der Waals surface area contributed by atoms with Gasteiger partial charge in [0.15, 0.2) is 5.82 Å². The van der Waals surface area contributed by atoms with E-state index in [0.717, 1.165) is 5.56 Å². The molecule has 0 unspecified atom stereocenters. The van der Waals surface area contributed by atoms with Crippen LogP contribution in [-0.4, -0.2) is 23.2 Å². The summed E-state index contributed by atoms with van der Waals surface area (Å²) in [6.07, 6.45) is 0.458. The van der Waals surface area contributed by atoms with Crippen LogP contribution >= 0.6 is 0 Å². The molecule has 0 aliphatic carbocycles. The van der Waals surface area contributed by atoms with E-state index in [4.69, 9.17) is 9.26 Å². The van der Waals surface area contributed by atoms with Crippen LogP contribution in [0.15, 0.2) is 53.1 Å². The number of nitrogens with zero attached hydrogens (tertiary/aromatic N) is 2. The first-order valence-corrected chi connectivity index (χ1v) is 7.48. The van der Waals surface area contributed by atoms with Gasteiger partial charge in [-0.1, -0.05) is 23.4 Å². The second-order valence-corrected chi connectivity index (χ2v) is 5.25. The van der Waals surface area contributed by atoms with E-state index >= 15 is 0 Å². The molecule has 1 amide bonds. The molecule has 0 spiro atoms. The standard InChI is InChI=1S/C18H17N3O3/c1-12-19-17(24-21-12)11-14-5-3-4-6-16(14)20-18(22)13-7-9-15(23-2)10-8-13/h3-10H,11H2,1-2H3,(H,20,22). The maximum atomic E-state index is 12.4. The molecule has 1 N–H and O–H groups in total. The third-order valence-corrected chi connectivity index (χ3v) is 3.53. The number of hydrogen-bond donors (Lipinski definition) is 1. The van der Waals surface area contributed by atoms with Crippen LogP contribution < -0.4 is 10.1 Å². The Kier molecular flexibility index (Phi) is 4.56. The topological polar surface area (TPSA) is 77.2 Å². The Morgan fingerprint density at radius 3 is 2.58 bits per heavy atom. The van der Waals surface area contributed by atoms with E-state index in [2.05, 4.69) is 15.5 Å². The summed E-state index contributed by atoms with van der Waals surface area (Å²) in [4.78, 5) is 16.6. The number of hydrogen-bond acceptors (Lipinski definition) is 5. The highest BCUT2D eigenvalue weighted by Crippen LogP contribution is 2.20. The lowest BCUT2D eigenvalue weighted by atomic mass is 10.1. The first kappa shape index (κ1) is 15.7. The quantitative estimate of drug-likeness (QED) is 0.780. The van der Waals surface area contributed by atoms with Crippen molar-refractivity contribution in [1.29, 1.82) is 0 Å². The van der Waals surface area contributed by atoms with Gasteiger partial charge in [0.2, 0.25) is 5.89 Å². The fourth-order valence-corrected chi connectivity index (χ4v) is 2.31. The van der Waals surface area contributed by atoms with Crippen molar-refractivity contribution in [1.82, 2.24) is 10.1 Å². The van der Waals surface area contributed by atoms with Crippen LogP contribution in [0.5, 0.6) is 5.75 Å². The summed E-state index contributed by atoms with van der Waals surface area (Å²) in [6, 6.07) is 14.5. The minimum atomic E-state index is -0.188. The van der Waals surface area contributed by atoms with Gasteiger partial charge in [-0.25, -0.2) is 0 Å². The van der Waals surface area contributed by atoms with E-state index in [1.165, 1.54) is 0 Å². The fraction of sp³-hybridized carbons (Fsp3) is 0.167. The van der Waals surface area contributed by atoms with Gasteiger partial charge in [0.25, 0.3) is 5.91 Å². The fourth-order valence-electron chi connectivity index (χ4n) is 2.31. The molecule has 6 heteroatoms. The van der Waals surface area contributed by atoms with E-state index in [1.54, 1.807) is 38.3 Å². The predicted octanol–water partition coefficient (Wildman–Crippen LogP) is 3.23. The van der Waals surface area contributed by atoms with E-state index in [-0.39, 0.29) is 5.91 Å². The number of benzene rings is 2. The molecule has 6 nitrogen and oxygen atoms in total. The Bertz CT molecular complexity index is 841. The zero-order valence-corrected chi connectivity index (χ0v) is 13.4. The Balaban J connectivity index is 1.77. The number of methoxy groups -OCH3 is 1. The molecule has 0 aliphatic heterocycles. The third kappa shape index (κ3) is 3.60. The Morgan fingerprint density at radius 1 is 1.17 bits per heavy atom. The zero-order valence-electron chi connectivity index (χ0n) is 13.4. The minimum Gasteiger partial charge on any atom is -0.497 e. The number of aryl methyl sites for hydroxylation is 1. The van der Waals surface area contributed by atoms with Crippen LogP contribution in [-0.2, 0) is 6.42 Å². The molecule has 3 rings (SSSR count). The number of para-hydroxylation sites is 1. The van der Waals surface area contributed by atoms with E-state index < -0.39 is 0 Å². The maximum absolute atomic E-state index is 12.4. The summed E-state index contributed by atoms with van der Waals surface area (Å²) in [5, 5.41) is 6.70. The summed E-state index contributed by atoms with van der Waals surface area (Å²) in [6.45, 7) is 1.77. The van der Waals surface area contributed by atoms with Crippen LogP contribution in [0.1, 0.15) is 27.6 Å². The van der Waals surface area contributed by atoms with Crippen LogP contribution in [0.4, 0.5) is 5.69 Å².